The highest BCUT2D eigenvalue weighted by Gasteiger charge is 2.40. The fourth-order valence-corrected chi connectivity index (χ4v) is 10.8. The number of nitrogens with two attached hydrogens (primary N) is 7. The number of epoxide rings is 1. The van der Waals surface area contributed by atoms with Crippen molar-refractivity contribution in [3.05, 3.63) is 63.2 Å². The molecule has 0 radical (unpaired) electrons. The number of fused-ring (bicyclic) bond motifs is 2. The van der Waals surface area contributed by atoms with Crippen LogP contribution in [0.4, 0.5) is 17.6 Å². The lowest BCUT2D eigenvalue weighted by Gasteiger charge is -2.38. The van der Waals surface area contributed by atoms with Gasteiger partial charge >= 0.3 is 0 Å². The molecule has 0 saturated carbocycles. The van der Waals surface area contributed by atoms with Crippen LogP contribution < -0.4 is 93.8 Å². The average molecular weight is 1370 g/mol. The van der Waals surface area contributed by atoms with Crippen LogP contribution in [-0.2, 0) is 62.6 Å². The second-order valence-corrected chi connectivity index (χ2v) is 23.5. The number of ether oxygens (including phenoxy) is 1. The van der Waals surface area contributed by atoms with Crippen LogP contribution in [0.5, 0.6) is 0 Å². The number of hydrogen-bond donors (Lipinski definition) is 17. The van der Waals surface area contributed by atoms with Gasteiger partial charge in [-0.3, -0.25) is 82.8 Å². The number of aromatic nitrogens is 8. The number of carbonyl (C=O) groups is 8. The smallest absolute Gasteiger partial charge is 0.280 e. The molecule has 6 heterocycles. The van der Waals surface area contributed by atoms with Crippen molar-refractivity contribution in [2.45, 2.75) is 37.9 Å². The van der Waals surface area contributed by atoms with E-state index >= 15 is 0 Å². The maximum absolute atomic E-state index is 14.2. The maximum Gasteiger partial charge on any atom is 0.280 e. The highest BCUT2D eigenvalue weighted by Crippen LogP contribution is 2.21. The number of imidazole rings is 2. The number of nitrogens with zero attached hydrogens (tertiary/aromatic N) is 12. The Morgan fingerprint density at radius 2 is 1.00 bits per heavy atom. The fraction of sp³-hybridized carbons (Fsp3) is 0.586. The third-order valence-electron chi connectivity index (χ3n) is 15.9. The van der Waals surface area contributed by atoms with Crippen molar-refractivity contribution >= 4 is 87.2 Å². The highest BCUT2D eigenvalue weighted by molar-refractivity contribution is 5.86. The topological polar surface area (TPSA) is 574 Å². The minimum absolute atomic E-state index is 0.00182. The van der Waals surface area contributed by atoms with E-state index in [1.54, 1.807) is 17.0 Å². The standard InChI is InChI=1S/C58H95N29O11/c59-5-9-66-26-42(88)68-11-12-69-44(90)30-80-19-20-81(29-43(89)67-10-6-60)23-24-83(32-46(92)71-13-14-72-47(93)33-85(18-8-62)49(95)35-87-37-75-51-53(87)77-58(65)79-55(51)97)40(25-38-1-3-39(63)4-2-38)27-82(22-21-80)31-45(91)70-15-16-73-56-41(98-56)28-84(17-7-61)48(94)34-86-36-74-50-52(86)76-57(64)78-54(50)96/h1-4,36-37,40-41,56,66,73H,5-35,59-63H2,(H,67,89)(H,68,88)(H,69,90)(H,70,91)(H,71,92)(H,72,93)(H3,64,76,78,96)(H3,65,77,79,97)/t40?,41?,56-/m1/s1. The Hall–Kier alpha value is -9.36. The van der Waals surface area contributed by atoms with E-state index in [1.807, 2.05) is 31.7 Å². The van der Waals surface area contributed by atoms with Gasteiger partial charge in [0.25, 0.3) is 11.1 Å². The molecule has 2 aliphatic rings. The Balaban J connectivity index is 1.02. The van der Waals surface area contributed by atoms with E-state index < -0.39 is 41.1 Å². The number of rotatable bonds is 38. The molecule has 24 N–H and O–H groups in total. The van der Waals surface area contributed by atoms with E-state index in [1.165, 1.54) is 26.7 Å². The molecule has 98 heavy (non-hydrogen) atoms. The monoisotopic (exact) mass is 1370 g/mol. The summed E-state index contributed by atoms with van der Waals surface area (Å²) in [5.74, 6) is -3.20. The Morgan fingerprint density at radius 3 is 1.55 bits per heavy atom. The molecular weight excluding hydrogens is 1280 g/mol. The number of carbonyl (C=O) groups excluding carboxylic acids is 8. The van der Waals surface area contributed by atoms with Crippen LogP contribution in [0.25, 0.3) is 22.3 Å². The van der Waals surface area contributed by atoms with Crippen molar-refractivity contribution in [2.24, 2.45) is 22.9 Å². The maximum atomic E-state index is 14.2. The summed E-state index contributed by atoms with van der Waals surface area (Å²) in [5, 5.41) is 23.3. The minimum Gasteiger partial charge on any atom is -0.399 e. The highest BCUT2D eigenvalue weighted by atomic mass is 16.6. The van der Waals surface area contributed by atoms with Gasteiger partial charge in [-0.25, -0.2) is 9.97 Å². The van der Waals surface area contributed by atoms with E-state index in [-0.39, 0.29) is 233 Å². The molecule has 3 atom stereocenters. The van der Waals surface area contributed by atoms with Gasteiger partial charge in [-0.05, 0) is 24.1 Å². The van der Waals surface area contributed by atoms with Gasteiger partial charge < -0.3 is 101 Å². The van der Waals surface area contributed by atoms with Crippen LogP contribution in [0.15, 0.2) is 46.5 Å². The van der Waals surface area contributed by atoms with Crippen LogP contribution in [0, 0.1) is 0 Å². The van der Waals surface area contributed by atoms with Crippen LogP contribution >= 0.6 is 0 Å². The number of nitrogen functional groups attached to an aromatic ring is 3. The summed E-state index contributed by atoms with van der Waals surface area (Å²) in [5.41, 5.74) is 41.2. The molecule has 0 bridgehead atoms. The van der Waals surface area contributed by atoms with E-state index in [0.717, 1.165) is 5.56 Å². The van der Waals surface area contributed by atoms with Gasteiger partial charge in [0.05, 0.1) is 58.5 Å². The zero-order valence-corrected chi connectivity index (χ0v) is 55.0. The first-order valence-electron chi connectivity index (χ1n) is 32.4. The molecule has 5 aromatic rings. The molecule has 40 nitrogen and oxygen atoms in total. The molecule has 8 amide bonds. The van der Waals surface area contributed by atoms with Crippen LogP contribution in [-0.4, -0.2) is 317 Å². The van der Waals surface area contributed by atoms with Crippen molar-refractivity contribution < 1.29 is 43.1 Å². The van der Waals surface area contributed by atoms with Crippen molar-refractivity contribution in [3.8, 4) is 0 Å². The van der Waals surface area contributed by atoms with E-state index in [0.29, 0.717) is 44.8 Å². The van der Waals surface area contributed by atoms with Crippen LogP contribution in [0.3, 0.4) is 0 Å². The Morgan fingerprint density at radius 1 is 0.531 bits per heavy atom. The first kappa shape index (κ1) is 76.0. The first-order valence-corrected chi connectivity index (χ1v) is 32.4. The van der Waals surface area contributed by atoms with Crippen molar-refractivity contribution in [1.29, 1.82) is 0 Å². The molecule has 40 heteroatoms. The molecule has 0 aliphatic carbocycles. The van der Waals surface area contributed by atoms with Crippen LogP contribution in [0.1, 0.15) is 5.56 Å². The molecule has 2 fully saturated rings. The third-order valence-corrected chi connectivity index (χ3v) is 15.9. The van der Waals surface area contributed by atoms with Gasteiger partial charge in [-0.2, -0.15) is 9.97 Å². The second kappa shape index (κ2) is 39.1. The van der Waals surface area contributed by atoms with E-state index in [2.05, 4.69) is 72.4 Å². The summed E-state index contributed by atoms with van der Waals surface area (Å²) in [4.78, 5) is 165. The number of benzene rings is 1. The van der Waals surface area contributed by atoms with Crippen molar-refractivity contribution in [2.75, 3.05) is 200 Å². The van der Waals surface area contributed by atoms with Gasteiger partial charge in [0.15, 0.2) is 22.3 Å². The first-order chi connectivity index (χ1) is 47.2. The number of nitrogens with one attached hydrogen (secondary N) is 10. The number of H-pyrrole nitrogens is 2. The zero-order chi connectivity index (χ0) is 70.5. The largest absolute Gasteiger partial charge is 0.399 e. The van der Waals surface area contributed by atoms with Gasteiger partial charge in [-0.1, -0.05) is 12.1 Å². The van der Waals surface area contributed by atoms with Crippen LogP contribution in [0.2, 0.25) is 0 Å². The van der Waals surface area contributed by atoms with Gasteiger partial charge in [0, 0.05) is 149 Å². The number of anilines is 3. The molecule has 1 aromatic carbocycles. The molecule has 7 rings (SSSR count). The van der Waals surface area contributed by atoms with Crippen molar-refractivity contribution in [3.63, 3.8) is 0 Å². The summed E-state index contributed by atoms with van der Waals surface area (Å²) in [6, 6.07) is 6.84. The molecule has 0 spiro atoms. The van der Waals surface area contributed by atoms with E-state index in [9.17, 15) is 47.9 Å². The Kier molecular flexibility index (Phi) is 30.4. The molecule has 4 aromatic heterocycles. The minimum atomic E-state index is -0.578. The normalized spacial score (nSPS) is 16.6. The summed E-state index contributed by atoms with van der Waals surface area (Å²) in [6.45, 7) is 3.53. The molecule has 2 aliphatic heterocycles. The molecular formula is C58H95N29O11. The zero-order valence-electron chi connectivity index (χ0n) is 55.0. The molecule has 538 valence electrons. The predicted octanol–water partition coefficient (Wildman–Crippen LogP) is -11.1. The summed E-state index contributed by atoms with van der Waals surface area (Å²) in [7, 11) is 0. The van der Waals surface area contributed by atoms with E-state index in [4.69, 9.17) is 44.9 Å². The number of aromatic amines is 2. The lowest BCUT2D eigenvalue weighted by Crippen LogP contribution is -2.55. The number of hydrogen-bond acceptors (Lipinski definition) is 28. The van der Waals surface area contributed by atoms with Gasteiger partial charge in [0.1, 0.15) is 25.4 Å². The Bertz CT molecular complexity index is 3570. The lowest BCUT2D eigenvalue weighted by atomic mass is 10.0. The van der Waals surface area contributed by atoms with Crippen molar-refractivity contribution in [1.82, 2.24) is 111 Å². The average Bonchev–Trinajstić information content (AvgIpc) is 1.60. The lowest BCUT2D eigenvalue weighted by molar-refractivity contribution is -0.136. The fourth-order valence-electron chi connectivity index (χ4n) is 10.8. The third kappa shape index (κ3) is 24.9. The molecule has 2 unspecified atom stereocenters. The van der Waals surface area contributed by atoms with Gasteiger partial charge in [0.2, 0.25) is 59.2 Å². The van der Waals surface area contributed by atoms with Gasteiger partial charge in [-0.15, -0.1) is 0 Å². The number of amides is 8. The quantitative estimate of drug-likeness (QED) is 0.00991. The molecule has 2 saturated heterocycles. The SMILES string of the molecule is NCCNCC(=O)NCCNC(=O)CN1CCN(CC(=O)NCCN)CCN(CC(=O)NCCNC(=O)CN(CCN)C(=O)Cn2cnc3c(=O)[nH]c(N)nc32)C(Cc2ccc(N)cc2)CN(CC(=O)NCCN[C@@H]2OC2CN(CCN)C(=O)Cn2cnc3c(=O)[nH]c(N)nc32)CC1. The summed E-state index contributed by atoms with van der Waals surface area (Å²) in [6.07, 6.45) is 2.16. The Labute approximate surface area is 563 Å². The summed E-state index contributed by atoms with van der Waals surface area (Å²) >= 11 is 0. The summed E-state index contributed by atoms with van der Waals surface area (Å²) < 4.78 is 8.65. The second-order valence-electron chi connectivity index (χ2n) is 23.5. The predicted molar refractivity (Wildman–Crippen MR) is 361 cm³/mol.